The van der Waals surface area contributed by atoms with Crippen molar-refractivity contribution >= 4 is 0 Å². The van der Waals surface area contributed by atoms with E-state index >= 15 is 0 Å². The summed E-state index contributed by atoms with van der Waals surface area (Å²) in [5.74, 6) is 3.69. The number of likely N-dealkylation sites (tertiary alicyclic amines) is 2. The summed E-state index contributed by atoms with van der Waals surface area (Å²) >= 11 is 0. The molecule has 2 rings (SSSR count). The lowest BCUT2D eigenvalue weighted by Gasteiger charge is -2.32. The van der Waals surface area contributed by atoms with Crippen LogP contribution in [-0.4, -0.2) is 50.1 Å². The normalized spacial score (nSPS) is 39.9. The average molecular weight is 240 g/mol. The maximum Gasteiger partial charge on any atom is 0.000711 e. The second kappa shape index (κ2) is 6.75. The van der Waals surface area contributed by atoms with Crippen LogP contribution >= 0.6 is 0 Å². The van der Waals surface area contributed by atoms with E-state index in [1.807, 2.05) is 0 Å². The molecule has 0 bridgehead atoms. The predicted octanol–water partition coefficient (Wildman–Crippen LogP) is 2.80. The zero-order valence-electron chi connectivity index (χ0n) is 12.7. The van der Waals surface area contributed by atoms with Crippen LogP contribution in [0.1, 0.15) is 34.1 Å². The third-order valence-electron chi connectivity index (χ3n) is 4.71. The molecule has 0 saturated carbocycles. The molecule has 0 aromatic heterocycles. The Kier molecular flexibility index (Phi) is 5.94. The Balaban J connectivity index is 0.000000171. The lowest BCUT2D eigenvalue weighted by Crippen LogP contribution is -2.35. The Morgan fingerprint density at radius 3 is 1.35 bits per heavy atom. The van der Waals surface area contributed by atoms with Crippen LogP contribution in [-0.2, 0) is 0 Å². The monoisotopic (exact) mass is 240 g/mol. The first-order valence-electron chi connectivity index (χ1n) is 7.27. The zero-order valence-corrected chi connectivity index (χ0v) is 12.7. The maximum atomic E-state index is 2.42. The molecule has 4 atom stereocenters. The van der Waals surface area contributed by atoms with Crippen LogP contribution in [0.3, 0.4) is 0 Å². The number of nitrogens with zero attached hydrogens (tertiary/aromatic N) is 2. The minimum atomic E-state index is 0.906. The van der Waals surface area contributed by atoms with Crippen LogP contribution in [0.5, 0.6) is 0 Å². The van der Waals surface area contributed by atoms with Crippen molar-refractivity contribution in [2.75, 3.05) is 40.3 Å². The fourth-order valence-corrected chi connectivity index (χ4v) is 2.89. The fraction of sp³-hybridized carbons (Fsp3) is 1.00. The molecule has 4 unspecified atom stereocenters. The highest BCUT2D eigenvalue weighted by Gasteiger charge is 2.22. The molecule has 2 fully saturated rings. The van der Waals surface area contributed by atoms with Crippen molar-refractivity contribution in [3.63, 3.8) is 0 Å². The highest BCUT2D eigenvalue weighted by Crippen LogP contribution is 2.21. The van der Waals surface area contributed by atoms with Gasteiger partial charge in [0, 0.05) is 19.6 Å². The minimum Gasteiger partial charge on any atom is -0.306 e. The molecule has 2 heteroatoms. The standard InChI is InChI=1S/C8H17N.C7H15N/c1-7-4-5-9(3)6-8(7)2;1-6-4-8(3)5-7(6)2/h7-8H,4-6H2,1-3H3;6-7H,4-5H2,1-3H3. The zero-order chi connectivity index (χ0) is 13.0. The average Bonchev–Trinajstić information content (AvgIpc) is 2.52. The summed E-state index contributed by atoms with van der Waals surface area (Å²) in [6.45, 7) is 14.5. The van der Waals surface area contributed by atoms with E-state index in [2.05, 4.69) is 51.6 Å². The molecule has 2 aliphatic rings. The van der Waals surface area contributed by atoms with E-state index < -0.39 is 0 Å². The van der Waals surface area contributed by atoms with Gasteiger partial charge in [-0.3, -0.25) is 0 Å². The van der Waals surface area contributed by atoms with Crippen LogP contribution in [0.25, 0.3) is 0 Å². The number of hydrogen-bond donors (Lipinski definition) is 0. The molecule has 0 amide bonds. The molecule has 2 aliphatic heterocycles. The largest absolute Gasteiger partial charge is 0.306 e. The van der Waals surface area contributed by atoms with Crippen LogP contribution in [0.15, 0.2) is 0 Å². The Bertz CT molecular complexity index is 207. The van der Waals surface area contributed by atoms with Gasteiger partial charge in [0.05, 0.1) is 0 Å². The van der Waals surface area contributed by atoms with E-state index in [4.69, 9.17) is 0 Å². The summed E-state index contributed by atoms with van der Waals surface area (Å²) in [6.07, 6.45) is 1.39. The lowest BCUT2D eigenvalue weighted by atomic mass is 9.89. The van der Waals surface area contributed by atoms with Crippen molar-refractivity contribution < 1.29 is 0 Å². The summed E-state index contributed by atoms with van der Waals surface area (Å²) in [5, 5.41) is 0. The first-order chi connectivity index (χ1) is 7.90. The Morgan fingerprint density at radius 1 is 0.647 bits per heavy atom. The van der Waals surface area contributed by atoms with E-state index in [0.717, 1.165) is 23.7 Å². The lowest BCUT2D eigenvalue weighted by molar-refractivity contribution is 0.166. The maximum absolute atomic E-state index is 2.42. The van der Waals surface area contributed by atoms with E-state index in [0.29, 0.717) is 0 Å². The van der Waals surface area contributed by atoms with Gasteiger partial charge >= 0.3 is 0 Å². The fourth-order valence-electron chi connectivity index (χ4n) is 2.89. The summed E-state index contributed by atoms with van der Waals surface area (Å²) in [5.41, 5.74) is 0. The van der Waals surface area contributed by atoms with Gasteiger partial charge < -0.3 is 9.80 Å². The minimum absolute atomic E-state index is 0.906. The van der Waals surface area contributed by atoms with E-state index in [1.165, 1.54) is 32.6 Å². The second-order valence-corrected chi connectivity index (χ2v) is 6.68. The Labute approximate surface area is 108 Å². The van der Waals surface area contributed by atoms with Gasteiger partial charge in [0.15, 0.2) is 0 Å². The second-order valence-electron chi connectivity index (χ2n) is 6.68. The third kappa shape index (κ3) is 4.97. The van der Waals surface area contributed by atoms with Crippen LogP contribution in [0, 0.1) is 23.7 Å². The molecule has 2 heterocycles. The van der Waals surface area contributed by atoms with Gasteiger partial charge in [-0.25, -0.2) is 0 Å². The SMILES string of the molecule is CC1CCN(C)CC1C.CC1CN(C)CC1C. The van der Waals surface area contributed by atoms with Crippen LogP contribution in [0.4, 0.5) is 0 Å². The molecular weight excluding hydrogens is 208 g/mol. The van der Waals surface area contributed by atoms with Crippen molar-refractivity contribution in [1.82, 2.24) is 9.80 Å². The molecule has 2 saturated heterocycles. The molecule has 0 radical (unpaired) electrons. The first-order valence-corrected chi connectivity index (χ1v) is 7.27. The summed E-state index contributed by atoms with van der Waals surface area (Å²) in [7, 11) is 4.41. The molecule has 0 aromatic carbocycles. The van der Waals surface area contributed by atoms with Gasteiger partial charge in [-0.1, -0.05) is 27.7 Å². The molecular formula is C15H32N2. The number of hydrogen-bond acceptors (Lipinski definition) is 2. The van der Waals surface area contributed by atoms with Gasteiger partial charge in [0.2, 0.25) is 0 Å². The predicted molar refractivity (Wildman–Crippen MR) is 76.3 cm³/mol. The van der Waals surface area contributed by atoms with Crippen LogP contribution in [0.2, 0.25) is 0 Å². The smallest absolute Gasteiger partial charge is 0.000711 e. The van der Waals surface area contributed by atoms with Gasteiger partial charge in [0.25, 0.3) is 0 Å². The van der Waals surface area contributed by atoms with Gasteiger partial charge in [-0.05, 0) is 50.7 Å². The van der Waals surface area contributed by atoms with Gasteiger partial charge in [0.1, 0.15) is 0 Å². The summed E-state index contributed by atoms with van der Waals surface area (Å²) in [6, 6.07) is 0. The molecule has 0 aromatic rings. The van der Waals surface area contributed by atoms with Gasteiger partial charge in [-0.2, -0.15) is 0 Å². The third-order valence-corrected chi connectivity index (χ3v) is 4.71. The van der Waals surface area contributed by atoms with Crippen molar-refractivity contribution in [3.8, 4) is 0 Å². The van der Waals surface area contributed by atoms with Crippen molar-refractivity contribution in [3.05, 3.63) is 0 Å². The quantitative estimate of drug-likeness (QED) is 0.642. The van der Waals surface area contributed by atoms with Crippen LogP contribution < -0.4 is 0 Å². The molecule has 2 nitrogen and oxygen atoms in total. The highest BCUT2D eigenvalue weighted by molar-refractivity contribution is 4.75. The summed E-state index contributed by atoms with van der Waals surface area (Å²) in [4.78, 5) is 4.82. The molecule has 17 heavy (non-hydrogen) atoms. The van der Waals surface area contributed by atoms with Gasteiger partial charge in [-0.15, -0.1) is 0 Å². The Morgan fingerprint density at radius 2 is 1.06 bits per heavy atom. The number of piperidine rings is 1. The highest BCUT2D eigenvalue weighted by atomic mass is 15.1. The Hall–Kier alpha value is -0.0800. The van der Waals surface area contributed by atoms with Crippen molar-refractivity contribution in [2.45, 2.75) is 34.1 Å². The van der Waals surface area contributed by atoms with Crippen molar-refractivity contribution in [1.29, 1.82) is 0 Å². The molecule has 0 aliphatic carbocycles. The molecule has 102 valence electrons. The number of rotatable bonds is 0. The topological polar surface area (TPSA) is 6.48 Å². The van der Waals surface area contributed by atoms with E-state index in [-0.39, 0.29) is 0 Å². The van der Waals surface area contributed by atoms with Crippen molar-refractivity contribution in [2.24, 2.45) is 23.7 Å². The molecule has 0 N–H and O–H groups in total. The van der Waals surface area contributed by atoms with E-state index in [9.17, 15) is 0 Å². The summed E-state index contributed by atoms with van der Waals surface area (Å²) < 4.78 is 0. The first kappa shape index (κ1) is 15.0. The van der Waals surface area contributed by atoms with E-state index in [1.54, 1.807) is 0 Å². The molecule has 0 spiro atoms.